The summed E-state index contributed by atoms with van der Waals surface area (Å²) in [6.07, 6.45) is -0.695. The Morgan fingerprint density at radius 3 is 2.34 bits per heavy atom. The summed E-state index contributed by atoms with van der Waals surface area (Å²) in [6, 6.07) is 12.4. The van der Waals surface area contributed by atoms with Gasteiger partial charge in [-0.05, 0) is 24.6 Å². The van der Waals surface area contributed by atoms with E-state index in [0.717, 1.165) is 29.2 Å². The van der Waals surface area contributed by atoms with Gasteiger partial charge in [-0.3, -0.25) is 29.4 Å². The SMILES string of the molecule is CCOC(=O)[C@@](F)(C(=O)c1ccc([N+](=O)[O-])cc1)[C@H]1CC(=O)N(Cc2ccccc2)C1=O. The third kappa shape index (κ3) is 4.11. The maximum absolute atomic E-state index is 16.2. The van der Waals surface area contributed by atoms with Crippen LogP contribution < -0.4 is 0 Å². The van der Waals surface area contributed by atoms with E-state index >= 15 is 4.39 Å². The molecule has 9 nitrogen and oxygen atoms in total. The monoisotopic (exact) mass is 442 g/mol. The number of halogens is 1. The number of ether oxygens (including phenoxy) is 1. The van der Waals surface area contributed by atoms with Crippen LogP contribution in [0.4, 0.5) is 10.1 Å². The summed E-state index contributed by atoms with van der Waals surface area (Å²) in [4.78, 5) is 62.0. The lowest BCUT2D eigenvalue weighted by Crippen LogP contribution is -2.52. The van der Waals surface area contributed by atoms with Crippen molar-refractivity contribution in [1.82, 2.24) is 4.90 Å². The number of esters is 1. The van der Waals surface area contributed by atoms with Crippen molar-refractivity contribution in [3.63, 3.8) is 0 Å². The predicted molar refractivity (Wildman–Crippen MR) is 108 cm³/mol. The number of benzene rings is 2. The third-order valence-electron chi connectivity index (χ3n) is 5.15. The van der Waals surface area contributed by atoms with Crippen LogP contribution in [0.5, 0.6) is 0 Å². The van der Waals surface area contributed by atoms with Crippen LogP contribution in [-0.4, -0.2) is 45.7 Å². The fourth-order valence-electron chi connectivity index (χ4n) is 3.50. The molecule has 2 aromatic rings. The lowest BCUT2D eigenvalue weighted by Gasteiger charge is -2.26. The Kier molecular flexibility index (Phi) is 6.42. The second-order valence-electron chi connectivity index (χ2n) is 7.13. The number of alkyl halides is 1. The van der Waals surface area contributed by atoms with Gasteiger partial charge in [-0.2, -0.15) is 0 Å². The van der Waals surface area contributed by atoms with E-state index in [2.05, 4.69) is 0 Å². The number of non-ortho nitro benzene ring substituents is 1. The molecule has 3 rings (SSSR count). The van der Waals surface area contributed by atoms with Crippen LogP contribution in [0.15, 0.2) is 54.6 Å². The van der Waals surface area contributed by atoms with Gasteiger partial charge in [0, 0.05) is 24.1 Å². The molecule has 0 radical (unpaired) electrons. The lowest BCUT2D eigenvalue weighted by atomic mass is 9.81. The highest BCUT2D eigenvalue weighted by molar-refractivity contribution is 6.20. The van der Waals surface area contributed by atoms with E-state index in [1.807, 2.05) is 0 Å². The molecular weight excluding hydrogens is 423 g/mol. The van der Waals surface area contributed by atoms with Gasteiger partial charge in [0.05, 0.1) is 18.1 Å². The molecule has 0 unspecified atom stereocenters. The molecule has 1 saturated heterocycles. The highest BCUT2D eigenvalue weighted by atomic mass is 19.1. The van der Waals surface area contributed by atoms with Crippen LogP contribution in [0.1, 0.15) is 29.3 Å². The Morgan fingerprint density at radius 1 is 1.16 bits per heavy atom. The normalized spacial score (nSPS) is 17.7. The van der Waals surface area contributed by atoms with Crippen molar-refractivity contribution in [3.05, 3.63) is 75.8 Å². The van der Waals surface area contributed by atoms with Gasteiger partial charge >= 0.3 is 5.97 Å². The molecule has 10 heteroatoms. The van der Waals surface area contributed by atoms with Crippen molar-refractivity contribution in [2.24, 2.45) is 5.92 Å². The first kappa shape index (κ1) is 22.7. The Labute approximate surface area is 181 Å². The number of hydrogen-bond acceptors (Lipinski definition) is 7. The minimum atomic E-state index is -3.47. The molecule has 1 fully saturated rings. The number of hydrogen-bond donors (Lipinski definition) is 0. The molecule has 0 aliphatic carbocycles. The van der Waals surface area contributed by atoms with Crippen LogP contribution in [0.2, 0.25) is 0 Å². The number of ketones is 1. The predicted octanol–water partition coefficient (Wildman–Crippen LogP) is 2.62. The van der Waals surface area contributed by atoms with Crippen molar-refractivity contribution in [2.45, 2.75) is 25.6 Å². The van der Waals surface area contributed by atoms with Gasteiger partial charge in [-0.1, -0.05) is 30.3 Å². The Morgan fingerprint density at radius 2 is 1.78 bits per heavy atom. The second kappa shape index (κ2) is 9.04. The summed E-state index contributed by atoms with van der Waals surface area (Å²) < 4.78 is 20.9. The molecule has 0 saturated carbocycles. The lowest BCUT2D eigenvalue weighted by molar-refractivity contribution is -0.384. The largest absolute Gasteiger partial charge is 0.463 e. The van der Waals surface area contributed by atoms with Gasteiger partial charge < -0.3 is 4.74 Å². The quantitative estimate of drug-likeness (QED) is 0.154. The number of nitro groups is 1. The number of Topliss-reactive ketones (excluding diaryl/α,β-unsaturated/α-hetero) is 1. The Balaban J connectivity index is 1.96. The summed E-state index contributed by atoms with van der Waals surface area (Å²) in [7, 11) is 0. The van der Waals surface area contributed by atoms with Gasteiger partial charge in [0.15, 0.2) is 0 Å². The summed E-state index contributed by atoms with van der Waals surface area (Å²) in [5, 5.41) is 10.8. The second-order valence-corrected chi connectivity index (χ2v) is 7.13. The van der Waals surface area contributed by atoms with Crippen LogP contribution in [-0.2, 0) is 25.7 Å². The van der Waals surface area contributed by atoms with Crippen LogP contribution >= 0.6 is 0 Å². The topological polar surface area (TPSA) is 124 Å². The van der Waals surface area contributed by atoms with E-state index in [1.165, 1.54) is 6.92 Å². The molecule has 32 heavy (non-hydrogen) atoms. The van der Waals surface area contributed by atoms with Gasteiger partial charge in [-0.15, -0.1) is 0 Å². The zero-order valence-electron chi connectivity index (χ0n) is 17.0. The Hall–Kier alpha value is -3.95. The van der Waals surface area contributed by atoms with E-state index in [-0.39, 0.29) is 24.4 Å². The third-order valence-corrected chi connectivity index (χ3v) is 5.15. The van der Waals surface area contributed by atoms with Crippen LogP contribution in [0.25, 0.3) is 0 Å². The van der Waals surface area contributed by atoms with Gasteiger partial charge in [0.25, 0.3) is 11.4 Å². The molecule has 0 spiro atoms. The van der Waals surface area contributed by atoms with E-state index in [0.29, 0.717) is 5.56 Å². The first-order chi connectivity index (χ1) is 15.2. The van der Waals surface area contributed by atoms with Crippen molar-refractivity contribution in [3.8, 4) is 0 Å². The number of carbonyl (C=O) groups excluding carboxylic acids is 4. The number of nitro benzene ring substituents is 1. The van der Waals surface area contributed by atoms with Crippen LogP contribution in [0.3, 0.4) is 0 Å². The van der Waals surface area contributed by atoms with Gasteiger partial charge in [-0.25, -0.2) is 9.18 Å². The number of nitrogens with zero attached hydrogens (tertiary/aromatic N) is 2. The average Bonchev–Trinajstić information content (AvgIpc) is 3.07. The number of amides is 2. The molecule has 2 atom stereocenters. The zero-order valence-corrected chi connectivity index (χ0v) is 17.0. The van der Waals surface area contributed by atoms with E-state index in [9.17, 15) is 29.3 Å². The van der Waals surface area contributed by atoms with E-state index in [4.69, 9.17) is 4.74 Å². The maximum atomic E-state index is 16.2. The summed E-state index contributed by atoms with van der Waals surface area (Å²) in [5.74, 6) is -6.65. The minimum Gasteiger partial charge on any atom is -0.463 e. The first-order valence-electron chi connectivity index (χ1n) is 9.73. The number of imide groups is 1. The van der Waals surface area contributed by atoms with Gasteiger partial charge in [0.1, 0.15) is 5.92 Å². The summed E-state index contributed by atoms with van der Waals surface area (Å²) in [6.45, 7) is 0.998. The Bertz CT molecular complexity index is 1070. The molecule has 1 aliphatic heterocycles. The molecular formula is C22H19FN2O7. The smallest absolute Gasteiger partial charge is 0.353 e. The summed E-state index contributed by atoms with van der Waals surface area (Å²) in [5.41, 5.74) is -3.57. The molecule has 1 heterocycles. The molecule has 0 bridgehead atoms. The number of carbonyl (C=O) groups is 4. The minimum absolute atomic E-state index is 0.139. The highest BCUT2D eigenvalue weighted by Crippen LogP contribution is 2.37. The highest BCUT2D eigenvalue weighted by Gasteiger charge is 2.62. The molecule has 0 aromatic heterocycles. The number of likely N-dealkylation sites (tertiary alicyclic amines) is 1. The maximum Gasteiger partial charge on any atom is 0.353 e. The average molecular weight is 442 g/mol. The molecule has 166 valence electrons. The van der Waals surface area contributed by atoms with E-state index in [1.54, 1.807) is 30.3 Å². The molecule has 2 aromatic carbocycles. The fraction of sp³-hybridized carbons (Fsp3) is 0.273. The molecule has 2 amide bonds. The zero-order chi connectivity index (χ0) is 23.5. The van der Waals surface area contributed by atoms with Crippen molar-refractivity contribution >= 4 is 29.3 Å². The van der Waals surface area contributed by atoms with Crippen molar-refractivity contribution in [2.75, 3.05) is 6.61 Å². The summed E-state index contributed by atoms with van der Waals surface area (Å²) >= 11 is 0. The standard InChI is InChI=1S/C22H19FN2O7/c1-2-32-21(29)22(23,19(27)15-8-10-16(11-9-15)25(30)31)17-12-18(26)24(20(17)28)13-14-6-4-3-5-7-14/h3-11,17H,2,12-13H2,1H3/t17-,22-/m0/s1. The van der Waals surface area contributed by atoms with E-state index < -0.39 is 46.5 Å². The van der Waals surface area contributed by atoms with Crippen LogP contribution in [0, 0.1) is 16.0 Å². The van der Waals surface area contributed by atoms with Crippen molar-refractivity contribution in [1.29, 1.82) is 0 Å². The number of rotatable bonds is 8. The molecule has 0 N–H and O–H groups in total. The fourth-order valence-corrected chi connectivity index (χ4v) is 3.50. The van der Waals surface area contributed by atoms with Gasteiger partial charge in [0.2, 0.25) is 17.6 Å². The van der Waals surface area contributed by atoms with Crippen molar-refractivity contribution < 1.29 is 33.2 Å². The molecule has 1 aliphatic rings. The first-order valence-corrected chi connectivity index (χ1v) is 9.73.